The van der Waals surface area contributed by atoms with Gasteiger partial charge in [-0.25, -0.2) is 4.98 Å². The Kier molecular flexibility index (Phi) is 3.70. The highest BCUT2D eigenvalue weighted by Gasteiger charge is 2.31. The standard InChI is InChI=1S/C16H10F3N3S/c1-22-7-3-2-4-13(22)11(9-20)15-21-12-8-10(16(17,18)19)5-6-14(12)23-15/h2-8H,1H3/b13-11+. The quantitative estimate of drug-likeness (QED) is 0.718. The third-order valence-corrected chi connectivity index (χ3v) is 4.41. The Bertz CT molecular complexity index is 897. The van der Waals surface area contributed by atoms with E-state index >= 15 is 0 Å². The van der Waals surface area contributed by atoms with Crippen LogP contribution in [-0.2, 0) is 6.18 Å². The number of aromatic nitrogens is 1. The number of nitriles is 1. The molecule has 3 rings (SSSR count). The first-order valence-electron chi connectivity index (χ1n) is 6.60. The van der Waals surface area contributed by atoms with Gasteiger partial charge in [0.15, 0.2) is 0 Å². The molecule has 7 heteroatoms. The second kappa shape index (κ2) is 5.56. The Morgan fingerprint density at radius 2 is 2.09 bits per heavy atom. The van der Waals surface area contributed by atoms with E-state index < -0.39 is 11.7 Å². The first-order chi connectivity index (χ1) is 10.9. The average Bonchev–Trinajstić information content (AvgIpc) is 2.91. The van der Waals surface area contributed by atoms with Crippen LogP contribution in [0.1, 0.15) is 10.6 Å². The van der Waals surface area contributed by atoms with Crippen LogP contribution in [0.15, 0.2) is 48.3 Å². The molecule has 0 saturated heterocycles. The van der Waals surface area contributed by atoms with E-state index in [1.165, 1.54) is 17.4 Å². The largest absolute Gasteiger partial charge is 0.416 e. The van der Waals surface area contributed by atoms with Gasteiger partial charge < -0.3 is 4.90 Å². The maximum Gasteiger partial charge on any atom is 0.416 e. The number of thiazole rings is 1. The summed E-state index contributed by atoms with van der Waals surface area (Å²) < 4.78 is 39.0. The van der Waals surface area contributed by atoms with Crippen LogP contribution < -0.4 is 0 Å². The van der Waals surface area contributed by atoms with Crippen molar-refractivity contribution in [3.05, 3.63) is 58.9 Å². The van der Waals surface area contributed by atoms with E-state index in [2.05, 4.69) is 11.1 Å². The lowest BCUT2D eigenvalue weighted by Gasteiger charge is -2.18. The maximum atomic E-state index is 12.8. The molecule has 0 N–H and O–H groups in total. The van der Waals surface area contributed by atoms with Crippen molar-refractivity contribution in [3.63, 3.8) is 0 Å². The fourth-order valence-corrected chi connectivity index (χ4v) is 3.16. The van der Waals surface area contributed by atoms with Gasteiger partial charge in [-0.2, -0.15) is 18.4 Å². The van der Waals surface area contributed by atoms with Crippen molar-refractivity contribution in [1.29, 1.82) is 5.26 Å². The molecule has 116 valence electrons. The van der Waals surface area contributed by atoms with E-state index in [4.69, 9.17) is 0 Å². The molecule has 1 aliphatic heterocycles. The minimum absolute atomic E-state index is 0.242. The number of benzene rings is 1. The summed E-state index contributed by atoms with van der Waals surface area (Å²) in [5, 5.41) is 9.86. The summed E-state index contributed by atoms with van der Waals surface area (Å²) in [6.45, 7) is 0. The molecule has 2 heterocycles. The molecule has 0 unspecified atom stereocenters. The van der Waals surface area contributed by atoms with Gasteiger partial charge in [0, 0.05) is 13.2 Å². The highest BCUT2D eigenvalue weighted by molar-refractivity contribution is 7.19. The molecule has 0 radical (unpaired) electrons. The van der Waals surface area contributed by atoms with E-state index in [9.17, 15) is 18.4 Å². The summed E-state index contributed by atoms with van der Waals surface area (Å²) in [5.41, 5.74) is 0.491. The van der Waals surface area contributed by atoms with Gasteiger partial charge in [-0.1, -0.05) is 6.08 Å². The zero-order valence-corrected chi connectivity index (χ0v) is 12.7. The first-order valence-corrected chi connectivity index (χ1v) is 7.42. The topological polar surface area (TPSA) is 39.9 Å². The number of fused-ring (bicyclic) bond motifs is 1. The molecule has 1 aromatic heterocycles. The molecule has 23 heavy (non-hydrogen) atoms. The molecule has 0 atom stereocenters. The molecule has 2 aromatic rings. The Balaban J connectivity index is 2.13. The van der Waals surface area contributed by atoms with Crippen LogP contribution in [0.3, 0.4) is 0 Å². The lowest BCUT2D eigenvalue weighted by Crippen LogP contribution is -2.12. The number of hydrogen-bond acceptors (Lipinski definition) is 4. The van der Waals surface area contributed by atoms with Crippen LogP contribution in [0.4, 0.5) is 13.2 Å². The molecule has 0 saturated carbocycles. The predicted octanol–water partition coefficient (Wildman–Crippen LogP) is 4.57. The highest BCUT2D eigenvalue weighted by Crippen LogP contribution is 2.35. The first kappa shape index (κ1) is 15.3. The molecule has 0 spiro atoms. The van der Waals surface area contributed by atoms with Crippen LogP contribution in [0.2, 0.25) is 0 Å². The number of hydrogen-bond donors (Lipinski definition) is 0. The van der Waals surface area contributed by atoms with Gasteiger partial charge in [0.25, 0.3) is 0 Å². The third kappa shape index (κ3) is 2.85. The van der Waals surface area contributed by atoms with Gasteiger partial charge in [0.1, 0.15) is 16.6 Å². The fourth-order valence-electron chi connectivity index (χ4n) is 2.21. The number of nitrogens with zero attached hydrogens (tertiary/aromatic N) is 3. The summed E-state index contributed by atoms with van der Waals surface area (Å²) >= 11 is 1.20. The van der Waals surface area contributed by atoms with E-state index in [-0.39, 0.29) is 5.52 Å². The summed E-state index contributed by atoms with van der Waals surface area (Å²) in [4.78, 5) is 5.99. The van der Waals surface area contributed by atoms with E-state index in [0.717, 1.165) is 12.1 Å². The SMILES string of the molecule is CN1C=CC=C/C1=C(/C#N)c1nc2cc(C(F)(F)F)ccc2s1. The van der Waals surface area contributed by atoms with Gasteiger partial charge in [0.05, 0.1) is 21.5 Å². The van der Waals surface area contributed by atoms with Gasteiger partial charge >= 0.3 is 6.18 Å². The van der Waals surface area contributed by atoms with Crippen LogP contribution in [0.5, 0.6) is 0 Å². The van der Waals surface area contributed by atoms with E-state index in [0.29, 0.717) is 21.0 Å². The fraction of sp³-hybridized carbons (Fsp3) is 0.125. The second-order valence-corrected chi connectivity index (χ2v) is 5.91. The lowest BCUT2D eigenvalue weighted by atomic mass is 10.1. The van der Waals surface area contributed by atoms with Crippen LogP contribution in [0.25, 0.3) is 15.8 Å². The van der Waals surface area contributed by atoms with Crippen LogP contribution in [0, 0.1) is 11.3 Å². The lowest BCUT2D eigenvalue weighted by molar-refractivity contribution is -0.137. The molecule has 1 aromatic carbocycles. The third-order valence-electron chi connectivity index (χ3n) is 3.35. The highest BCUT2D eigenvalue weighted by atomic mass is 32.1. The van der Waals surface area contributed by atoms with Crippen molar-refractivity contribution in [3.8, 4) is 6.07 Å². The number of rotatable bonds is 1. The van der Waals surface area contributed by atoms with E-state index in [1.807, 2.05) is 6.08 Å². The van der Waals surface area contributed by atoms with Gasteiger partial charge in [-0.05, 0) is 30.4 Å². The number of likely N-dealkylation sites (N-methyl/N-ethyl adjacent to an activating group) is 1. The predicted molar refractivity (Wildman–Crippen MR) is 83.2 cm³/mol. The smallest absolute Gasteiger partial charge is 0.350 e. The molecule has 0 bridgehead atoms. The van der Waals surface area contributed by atoms with Gasteiger partial charge in [-0.15, -0.1) is 11.3 Å². The molecule has 0 aliphatic carbocycles. The monoisotopic (exact) mass is 333 g/mol. The molecular weight excluding hydrogens is 323 g/mol. The van der Waals surface area contributed by atoms with Crippen molar-refractivity contribution in [2.24, 2.45) is 0 Å². The zero-order valence-electron chi connectivity index (χ0n) is 11.9. The van der Waals surface area contributed by atoms with Crippen LogP contribution >= 0.6 is 11.3 Å². The normalized spacial score (nSPS) is 16.7. The summed E-state index contributed by atoms with van der Waals surface area (Å²) in [5.74, 6) is 0. The van der Waals surface area contributed by atoms with Crippen molar-refractivity contribution in [1.82, 2.24) is 9.88 Å². The number of alkyl halides is 3. The van der Waals surface area contributed by atoms with Crippen molar-refractivity contribution in [2.45, 2.75) is 6.18 Å². The van der Waals surface area contributed by atoms with Gasteiger partial charge in [0.2, 0.25) is 0 Å². The number of halogens is 3. The Hall–Kier alpha value is -2.59. The van der Waals surface area contributed by atoms with Crippen molar-refractivity contribution < 1.29 is 13.2 Å². The van der Waals surface area contributed by atoms with Gasteiger partial charge in [-0.3, -0.25) is 0 Å². The summed E-state index contributed by atoms with van der Waals surface area (Å²) in [6.07, 6.45) is 2.77. The second-order valence-electron chi connectivity index (χ2n) is 4.88. The number of allylic oxidation sites excluding steroid dienone is 4. The Labute approximate surface area is 134 Å². The van der Waals surface area contributed by atoms with Crippen molar-refractivity contribution in [2.75, 3.05) is 7.05 Å². The minimum Gasteiger partial charge on any atom is -0.350 e. The van der Waals surface area contributed by atoms with E-state index in [1.54, 1.807) is 30.3 Å². The minimum atomic E-state index is -4.41. The molecule has 0 fully saturated rings. The maximum absolute atomic E-state index is 12.8. The molecule has 3 nitrogen and oxygen atoms in total. The summed E-state index contributed by atoms with van der Waals surface area (Å²) in [6, 6.07) is 5.53. The average molecular weight is 333 g/mol. The molecular formula is C16H10F3N3S. The summed E-state index contributed by atoms with van der Waals surface area (Å²) in [7, 11) is 1.79. The zero-order chi connectivity index (χ0) is 16.6. The van der Waals surface area contributed by atoms with Crippen molar-refractivity contribution >= 4 is 27.1 Å². The molecule has 1 aliphatic rings. The van der Waals surface area contributed by atoms with Crippen LogP contribution in [-0.4, -0.2) is 16.9 Å². The Morgan fingerprint density at radius 1 is 1.30 bits per heavy atom. The Morgan fingerprint density at radius 3 is 2.74 bits per heavy atom. The molecule has 0 amide bonds.